The molecule has 9 nitrogen and oxygen atoms in total. The van der Waals surface area contributed by atoms with E-state index in [1.165, 1.54) is 9.58 Å². The molecule has 27 heavy (non-hydrogen) atoms. The normalized spacial score (nSPS) is 25.4. The van der Waals surface area contributed by atoms with Gasteiger partial charge in [0.1, 0.15) is 12.1 Å². The number of likely N-dealkylation sites (tertiary alicyclic amines) is 1. The molecule has 3 saturated heterocycles. The molecule has 2 amide bonds. The Morgan fingerprint density at radius 1 is 1.19 bits per heavy atom. The van der Waals surface area contributed by atoms with Crippen molar-refractivity contribution >= 4 is 17.7 Å². The number of rotatable bonds is 3. The van der Waals surface area contributed by atoms with E-state index in [1.54, 1.807) is 24.2 Å². The van der Waals surface area contributed by atoms with Gasteiger partial charge < -0.3 is 19.4 Å². The average molecular weight is 375 g/mol. The van der Waals surface area contributed by atoms with Crippen molar-refractivity contribution in [1.82, 2.24) is 19.6 Å². The van der Waals surface area contributed by atoms with E-state index in [2.05, 4.69) is 10.00 Å². The van der Waals surface area contributed by atoms with Crippen LogP contribution in [0.4, 0.5) is 10.5 Å². The first kappa shape index (κ1) is 17.8. The van der Waals surface area contributed by atoms with Crippen LogP contribution in [0.25, 0.3) is 0 Å². The van der Waals surface area contributed by atoms with Gasteiger partial charge in [-0.3, -0.25) is 9.59 Å². The van der Waals surface area contributed by atoms with Gasteiger partial charge in [-0.1, -0.05) is 0 Å². The zero-order valence-corrected chi connectivity index (χ0v) is 15.6. The van der Waals surface area contributed by atoms with Gasteiger partial charge in [0.15, 0.2) is 0 Å². The molecular formula is C18H25N5O4. The van der Waals surface area contributed by atoms with Crippen LogP contribution in [-0.2, 0) is 16.1 Å². The van der Waals surface area contributed by atoms with E-state index in [-0.39, 0.29) is 24.1 Å². The molecule has 0 unspecified atom stereocenters. The molecule has 9 heteroatoms. The third-order valence-electron chi connectivity index (χ3n) is 5.64. The Hall–Kier alpha value is -2.58. The molecule has 1 atom stereocenters. The number of carbonyl (C=O) groups excluding carboxylic acids is 2. The van der Waals surface area contributed by atoms with E-state index in [0.717, 1.165) is 44.5 Å². The largest absolute Gasteiger partial charge is 0.439 e. The zero-order chi connectivity index (χ0) is 19.0. The lowest BCUT2D eigenvalue weighted by Crippen LogP contribution is -2.53. The molecule has 0 radical (unpaired) electrons. The Kier molecular flexibility index (Phi) is 4.53. The third kappa shape index (κ3) is 3.50. The molecule has 3 fully saturated rings. The number of ether oxygens (including phenoxy) is 1. The predicted molar refractivity (Wildman–Crippen MR) is 97.6 cm³/mol. The second-order valence-corrected chi connectivity index (χ2v) is 7.73. The highest BCUT2D eigenvalue weighted by Gasteiger charge is 2.47. The van der Waals surface area contributed by atoms with Crippen molar-refractivity contribution in [3.8, 4) is 0 Å². The fourth-order valence-corrected chi connectivity index (χ4v) is 4.23. The number of anilines is 1. The van der Waals surface area contributed by atoms with E-state index in [1.807, 2.05) is 0 Å². The van der Waals surface area contributed by atoms with Crippen molar-refractivity contribution in [1.29, 1.82) is 0 Å². The van der Waals surface area contributed by atoms with E-state index >= 15 is 0 Å². The summed E-state index contributed by atoms with van der Waals surface area (Å²) in [5.74, 6) is -0.178. The second-order valence-electron chi connectivity index (χ2n) is 7.73. The van der Waals surface area contributed by atoms with Gasteiger partial charge in [0.25, 0.3) is 5.56 Å². The molecule has 0 aliphatic carbocycles. The smallest absolute Gasteiger partial charge is 0.410 e. The molecule has 146 valence electrons. The summed E-state index contributed by atoms with van der Waals surface area (Å²) in [5.41, 5.74) is -0.0805. The molecule has 0 saturated carbocycles. The van der Waals surface area contributed by atoms with Gasteiger partial charge in [0, 0.05) is 32.7 Å². The summed E-state index contributed by atoms with van der Waals surface area (Å²) in [6, 6.07) is 1.55. The van der Waals surface area contributed by atoms with Crippen molar-refractivity contribution in [2.24, 2.45) is 0 Å². The van der Waals surface area contributed by atoms with Crippen LogP contribution in [0.3, 0.4) is 0 Å². The van der Waals surface area contributed by atoms with Crippen LogP contribution in [-0.4, -0.2) is 77.0 Å². The topological polar surface area (TPSA) is 88.0 Å². The number of amides is 2. The minimum atomic E-state index is -0.627. The molecule has 0 N–H and O–H groups in total. The van der Waals surface area contributed by atoms with Crippen LogP contribution in [0, 0.1) is 0 Å². The van der Waals surface area contributed by atoms with Crippen molar-refractivity contribution in [3.05, 3.63) is 22.6 Å². The molecule has 4 rings (SSSR count). The van der Waals surface area contributed by atoms with Crippen molar-refractivity contribution in [2.75, 3.05) is 44.7 Å². The van der Waals surface area contributed by atoms with E-state index in [9.17, 15) is 14.4 Å². The summed E-state index contributed by atoms with van der Waals surface area (Å²) in [7, 11) is 1.70. The maximum atomic E-state index is 12.7. The first-order valence-electron chi connectivity index (χ1n) is 9.50. The SMILES string of the molecule is CN1C[C@]2(CCCN(C(=O)Cn3ncc(N4CCCC4)cc3=O)C2)OC1=O. The summed E-state index contributed by atoms with van der Waals surface area (Å²) < 4.78 is 6.74. The van der Waals surface area contributed by atoms with Crippen molar-refractivity contribution in [2.45, 2.75) is 37.8 Å². The highest BCUT2D eigenvalue weighted by molar-refractivity contribution is 5.76. The Morgan fingerprint density at radius 3 is 2.63 bits per heavy atom. The number of carbonyl (C=O) groups is 2. The quantitative estimate of drug-likeness (QED) is 0.754. The molecule has 1 spiro atoms. The lowest BCUT2D eigenvalue weighted by atomic mass is 9.93. The van der Waals surface area contributed by atoms with Gasteiger partial charge in [-0.2, -0.15) is 5.10 Å². The molecule has 0 bridgehead atoms. The maximum absolute atomic E-state index is 12.7. The monoisotopic (exact) mass is 375 g/mol. The highest BCUT2D eigenvalue weighted by Crippen LogP contribution is 2.31. The Bertz CT molecular complexity index is 803. The molecular weight excluding hydrogens is 350 g/mol. The summed E-state index contributed by atoms with van der Waals surface area (Å²) in [6.45, 7) is 3.22. The number of nitrogens with zero attached hydrogens (tertiary/aromatic N) is 5. The molecule has 1 aromatic heterocycles. The first-order chi connectivity index (χ1) is 13.0. The van der Waals surface area contributed by atoms with Gasteiger partial charge in [-0.25, -0.2) is 9.48 Å². The van der Waals surface area contributed by atoms with Gasteiger partial charge >= 0.3 is 6.09 Å². The Balaban J connectivity index is 1.43. The summed E-state index contributed by atoms with van der Waals surface area (Å²) in [5, 5.41) is 4.19. The summed E-state index contributed by atoms with van der Waals surface area (Å²) >= 11 is 0. The van der Waals surface area contributed by atoms with Crippen LogP contribution in [0.5, 0.6) is 0 Å². The van der Waals surface area contributed by atoms with Crippen LogP contribution in [0.15, 0.2) is 17.1 Å². The molecule has 1 aromatic rings. The number of aromatic nitrogens is 2. The van der Waals surface area contributed by atoms with E-state index in [0.29, 0.717) is 19.6 Å². The number of likely N-dealkylation sites (N-methyl/N-ethyl adjacent to an activating group) is 1. The standard InChI is InChI=1S/C18H25N5O4/c1-20-12-18(27-17(20)26)5-4-8-22(13-18)16(25)11-23-15(24)9-14(10-19-23)21-6-2-3-7-21/h9-10H,2-8,11-13H2,1H3/t18-/m0/s1. The minimum Gasteiger partial charge on any atom is -0.439 e. The predicted octanol–water partition coefficient (Wildman–Crippen LogP) is 0.287. The average Bonchev–Trinajstić information content (AvgIpc) is 3.26. The Labute approximate surface area is 157 Å². The van der Waals surface area contributed by atoms with Crippen molar-refractivity contribution < 1.29 is 14.3 Å². The molecule has 0 aromatic carbocycles. The first-order valence-corrected chi connectivity index (χ1v) is 9.50. The lowest BCUT2D eigenvalue weighted by molar-refractivity contribution is -0.137. The zero-order valence-electron chi connectivity index (χ0n) is 15.6. The third-order valence-corrected chi connectivity index (χ3v) is 5.64. The maximum Gasteiger partial charge on any atom is 0.410 e. The number of hydrogen-bond donors (Lipinski definition) is 0. The van der Waals surface area contributed by atoms with Gasteiger partial charge in [0.2, 0.25) is 5.91 Å². The fraction of sp³-hybridized carbons (Fsp3) is 0.667. The highest BCUT2D eigenvalue weighted by atomic mass is 16.6. The summed E-state index contributed by atoms with van der Waals surface area (Å²) in [6.07, 6.45) is 5.07. The Morgan fingerprint density at radius 2 is 1.96 bits per heavy atom. The van der Waals surface area contributed by atoms with Crippen molar-refractivity contribution in [3.63, 3.8) is 0 Å². The van der Waals surface area contributed by atoms with Crippen LogP contribution < -0.4 is 10.5 Å². The molecule has 4 heterocycles. The van der Waals surface area contributed by atoms with E-state index in [4.69, 9.17) is 4.74 Å². The van der Waals surface area contributed by atoms with Gasteiger partial charge in [-0.15, -0.1) is 0 Å². The lowest BCUT2D eigenvalue weighted by Gasteiger charge is -2.38. The van der Waals surface area contributed by atoms with Gasteiger partial charge in [0.05, 0.1) is 25.0 Å². The summed E-state index contributed by atoms with van der Waals surface area (Å²) in [4.78, 5) is 42.2. The number of hydrogen-bond acceptors (Lipinski definition) is 6. The molecule has 3 aliphatic rings. The fourth-order valence-electron chi connectivity index (χ4n) is 4.23. The van der Waals surface area contributed by atoms with Crippen LogP contribution >= 0.6 is 0 Å². The second kappa shape index (κ2) is 6.86. The number of piperidine rings is 1. The van der Waals surface area contributed by atoms with Crippen LogP contribution in [0.2, 0.25) is 0 Å². The van der Waals surface area contributed by atoms with Crippen LogP contribution in [0.1, 0.15) is 25.7 Å². The minimum absolute atomic E-state index is 0.0982. The molecule has 3 aliphatic heterocycles. The van der Waals surface area contributed by atoms with E-state index < -0.39 is 5.60 Å². The van der Waals surface area contributed by atoms with Gasteiger partial charge in [-0.05, 0) is 25.7 Å².